The molecular formula is C43H52N10O12. The minimum atomic E-state index is -0.918. The molecule has 4 aromatic rings. The van der Waals surface area contributed by atoms with Gasteiger partial charge in [0.15, 0.2) is 35.7 Å². The van der Waals surface area contributed by atoms with Gasteiger partial charge in [-0.05, 0) is 50.7 Å². The van der Waals surface area contributed by atoms with E-state index in [1.165, 1.54) is 63.4 Å². The summed E-state index contributed by atoms with van der Waals surface area (Å²) in [6.07, 6.45) is 7.70. The number of esters is 1. The topological polar surface area (TPSA) is 241 Å². The fourth-order valence-corrected chi connectivity index (χ4v) is 7.92. The number of carbonyl (C=O) groups is 6. The van der Waals surface area contributed by atoms with Gasteiger partial charge in [-0.15, -0.1) is 0 Å². The number of nitrogens with zero attached hydrogens (tertiary/aromatic N) is 7. The van der Waals surface area contributed by atoms with Gasteiger partial charge in [-0.3, -0.25) is 19.2 Å². The number of hydrogen-bond donors (Lipinski definition) is 3. The van der Waals surface area contributed by atoms with Crippen LogP contribution in [0.15, 0.2) is 49.4 Å². The van der Waals surface area contributed by atoms with Crippen LogP contribution in [0.5, 0.6) is 11.5 Å². The third kappa shape index (κ3) is 10.1. The fraction of sp³-hybridized carbons (Fsp3) is 0.442. The van der Waals surface area contributed by atoms with E-state index in [0.717, 1.165) is 19.3 Å². The molecule has 65 heavy (non-hydrogen) atoms. The molecule has 3 N–H and O–H groups in total. The third-order valence-electron chi connectivity index (χ3n) is 11.0. The maximum absolute atomic E-state index is 14.1. The molecule has 3 aliphatic heterocycles. The van der Waals surface area contributed by atoms with Crippen LogP contribution < -0.4 is 30.3 Å². The number of fused-ring (bicyclic) bond motifs is 2. The van der Waals surface area contributed by atoms with Crippen molar-refractivity contribution in [1.29, 1.82) is 0 Å². The van der Waals surface area contributed by atoms with Gasteiger partial charge in [0.25, 0.3) is 17.7 Å². The first kappa shape index (κ1) is 45.8. The fourth-order valence-electron chi connectivity index (χ4n) is 7.92. The number of hydrogen-bond acceptors (Lipinski definition) is 14. The molecule has 5 amide bonds. The molecule has 22 nitrogen and oxygen atoms in total. The maximum Gasteiger partial charge on any atom is 0.416 e. The van der Waals surface area contributed by atoms with E-state index in [1.807, 2.05) is 0 Å². The average Bonchev–Trinajstić information content (AvgIpc) is 4.09. The molecular weight excluding hydrogens is 849 g/mol. The van der Waals surface area contributed by atoms with Crippen LogP contribution in [0.2, 0.25) is 0 Å². The molecule has 2 unspecified atom stereocenters. The lowest BCUT2D eigenvalue weighted by Crippen LogP contribution is -2.54. The number of imidazole rings is 2. The Hall–Kier alpha value is -7.20. The lowest BCUT2D eigenvalue weighted by molar-refractivity contribution is -0.195. The number of aryl methyl sites for hydroxylation is 3. The van der Waals surface area contributed by atoms with Crippen LogP contribution in [0.4, 0.5) is 27.8 Å². The quantitative estimate of drug-likeness (QED) is 0.0812. The smallest absolute Gasteiger partial charge is 0.416 e. The molecule has 7 rings (SSSR count). The molecule has 1 aromatic carbocycles. The summed E-state index contributed by atoms with van der Waals surface area (Å²) in [4.78, 5) is 90.8. The van der Waals surface area contributed by atoms with Gasteiger partial charge in [-0.2, -0.15) is 0 Å². The molecule has 2 saturated heterocycles. The largest absolute Gasteiger partial charge is 0.493 e. The Morgan fingerprint density at radius 2 is 1.60 bits per heavy atom. The molecule has 0 spiro atoms. The molecule has 346 valence electrons. The van der Waals surface area contributed by atoms with E-state index in [9.17, 15) is 28.8 Å². The monoisotopic (exact) mass is 900 g/mol. The average molecular weight is 901 g/mol. The molecule has 3 aliphatic rings. The molecule has 3 aromatic heterocycles. The molecule has 0 aliphatic carbocycles. The van der Waals surface area contributed by atoms with Crippen molar-refractivity contribution in [3.63, 3.8) is 0 Å². The van der Waals surface area contributed by atoms with Gasteiger partial charge < -0.3 is 63.0 Å². The highest BCUT2D eigenvalue weighted by atomic mass is 16.7. The normalized spacial score (nSPS) is 17.9. The standard InChI is InChI=1S/C43H52N10O12/c1-7-16-64-43(59)53-28-21-31(30(60-5)20-26(28)40(57)52-15-10-12-27(52)41(53)65-35-14-8-9-17-63-35)62-18-11-13-34(54)45-32-23-50(3)37(46-32)39(56)48-33-24-51(4)36(47-33)38(55)44-25-19-29(42(58)61-6)49(2)22-25/h7,19-24,27,35,41H,1,8-18H2,2-6H3,(H,44,55)(H,45,54)(H,48,56)/t27-,35?,41?/m0/s1. The van der Waals surface area contributed by atoms with E-state index >= 15 is 0 Å². The number of benzene rings is 1. The Labute approximate surface area is 373 Å². The number of methoxy groups -OCH3 is 2. The van der Waals surface area contributed by atoms with Gasteiger partial charge in [0.2, 0.25) is 17.6 Å². The predicted molar refractivity (Wildman–Crippen MR) is 232 cm³/mol. The predicted octanol–water partition coefficient (Wildman–Crippen LogP) is 4.21. The highest BCUT2D eigenvalue weighted by Crippen LogP contribution is 2.42. The summed E-state index contributed by atoms with van der Waals surface area (Å²) in [5.41, 5.74) is 1.01. The van der Waals surface area contributed by atoms with Crippen LogP contribution >= 0.6 is 0 Å². The first-order valence-corrected chi connectivity index (χ1v) is 21.0. The molecule has 0 radical (unpaired) electrons. The van der Waals surface area contributed by atoms with Crippen molar-refractivity contribution < 1.29 is 57.2 Å². The minimum absolute atomic E-state index is 0.00352. The van der Waals surface area contributed by atoms with E-state index in [1.54, 1.807) is 38.3 Å². The number of carbonyl (C=O) groups excluding carboxylic acids is 6. The van der Waals surface area contributed by atoms with Crippen molar-refractivity contribution in [2.24, 2.45) is 21.1 Å². The SMILES string of the molecule is C=CCOC(=O)N1c2cc(OCCCC(=O)Nc3cn(C)c(C(=O)Nc4cn(C)c(C(=O)Nc5cc(C(=O)OC)n(C)c5)n4)n3)c(OC)cc2C(=O)N2CCC[C@H]2C1OC1CCCCO1. The number of nitrogens with one attached hydrogen (secondary N) is 3. The zero-order valence-electron chi connectivity index (χ0n) is 36.8. The van der Waals surface area contributed by atoms with E-state index in [0.29, 0.717) is 31.7 Å². The van der Waals surface area contributed by atoms with Crippen molar-refractivity contribution in [2.75, 3.05) is 61.4 Å². The number of aromatic nitrogens is 5. The van der Waals surface area contributed by atoms with Crippen LogP contribution in [0.3, 0.4) is 0 Å². The number of anilines is 4. The molecule has 0 bridgehead atoms. The Balaban J connectivity index is 0.976. The first-order chi connectivity index (χ1) is 31.3. The zero-order valence-corrected chi connectivity index (χ0v) is 36.8. The molecule has 22 heteroatoms. The lowest BCUT2D eigenvalue weighted by atomic mass is 10.1. The van der Waals surface area contributed by atoms with E-state index in [-0.39, 0.29) is 83.7 Å². The van der Waals surface area contributed by atoms with Crippen LogP contribution in [0.1, 0.15) is 87.0 Å². The summed E-state index contributed by atoms with van der Waals surface area (Å²) in [5.74, 6) is -1.90. The van der Waals surface area contributed by atoms with E-state index < -0.39 is 48.3 Å². The Kier molecular flexibility index (Phi) is 14.2. The number of rotatable bonds is 16. The van der Waals surface area contributed by atoms with E-state index in [4.69, 9.17) is 28.4 Å². The second-order valence-corrected chi connectivity index (χ2v) is 15.5. The molecule has 3 atom stereocenters. The van der Waals surface area contributed by atoms with E-state index in [2.05, 4.69) is 32.5 Å². The second kappa shape index (κ2) is 20.1. The molecule has 2 fully saturated rings. The van der Waals surface area contributed by atoms with Crippen LogP contribution in [-0.2, 0) is 44.9 Å². The summed E-state index contributed by atoms with van der Waals surface area (Å²) in [7, 11) is 7.48. The number of amides is 5. The van der Waals surface area contributed by atoms with Crippen LogP contribution in [0.25, 0.3) is 0 Å². The summed E-state index contributed by atoms with van der Waals surface area (Å²) >= 11 is 0. The van der Waals surface area contributed by atoms with Crippen LogP contribution in [0, 0.1) is 0 Å². The van der Waals surface area contributed by atoms with Crippen molar-refractivity contribution >= 4 is 58.7 Å². The highest BCUT2D eigenvalue weighted by molar-refractivity contribution is 6.07. The van der Waals surface area contributed by atoms with Crippen molar-refractivity contribution in [2.45, 2.75) is 63.5 Å². The van der Waals surface area contributed by atoms with Crippen molar-refractivity contribution in [3.05, 3.63) is 72.4 Å². The Bertz CT molecular complexity index is 2470. The molecule has 6 heterocycles. The van der Waals surface area contributed by atoms with Gasteiger partial charge in [0.05, 0.1) is 43.8 Å². The van der Waals surface area contributed by atoms with Crippen molar-refractivity contribution in [3.8, 4) is 11.5 Å². The lowest BCUT2D eigenvalue weighted by Gasteiger charge is -2.38. The van der Waals surface area contributed by atoms with Gasteiger partial charge in [0, 0.05) is 65.4 Å². The van der Waals surface area contributed by atoms with Crippen LogP contribution in [-0.4, -0.2) is 123 Å². The Morgan fingerprint density at radius 3 is 2.28 bits per heavy atom. The van der Waals surface area contributed by atoms with Crippen molar-refractivity contribution in [1.82, 2.24) is 28.6 Å². The summed E-state index contributed by atoms with van der Waals surface area (Å²) in [6.45, 7) is 4.64. The Morgan fingerprint density at radius 1 is 0.877 bits per heavy atom. The second-order valence-electron chi connectivity index (χ2n) is 15.5. The maximum atomic E-state index is 14.1. The van der Waals surface area contributed by atoms with Gasteiger partial charge in [0.1, 0.15) is 12.3 Å². The highest BCUT2D eigenvalue weighted by Gasteiger charge is 2.48. The first-order valence-electron chi connectivity index (χ1n) is 21.0. The summed E-state index contributed by atoms with van der Waals surface area (Å²) in [6, 6.07) is 4.09. The van der Waals surface area contributed by atoms with Gasteiger partial charge >= 0.3 is 12.1 Å². The number of ether oxygens (including phenoxy) is 6. The minimum Gasteiger partial charge on any atom is -0.493 e. The summed E-state index contributed by atoms with van der Waals surface area (Å²) < 4.78 is 38.9. The summed E-state index contributed by atoms with van der Waals surface area (Å²) in [5, 5.41) is 7.98. The zero-order chi connectivity index (χ0) is 46.4. The van der Waals surface area contributed by atoms with Gasteiger partial charge in [-0.25, -0.2) is 24.5 Å². The third-order valence-corrected chi connectivity index (χ3v) is 11.0. The van der Waals surface area contributed by atoms with Gasteiger partial charge in [-0.1, -0.05) is 12.7 Å². The molecule has 0 saturated carbocycles.